The van der Waals surface area contributed by atoms with Gasteiger partial charge in [-0.3, -0.25) is 0 Å². The van der Waals surface area contributed by atoms with E-state index in [9.17, 15) is 4.79 Å². The average Bonchev–Trinajstić information content (AvgIpc) is 2.63. The number of rotatable bonds is 3. The molecule has 0 saturated carbocycles. The third kappa shape index (κ3) is 4.46. The fourth-order valence-electron chi connectivity index (χ4n) is 1.43. The predicted molar refractivity (Wildman–Crippen MR) is 65.5 cm³/mol. The average molecular weight is 239 g/mol. The van der Waals surface area contributed by atoms with Crippen molar-refractivity contribution in [1.82, 2.24) is 15.3 Å². The largest absolute Gasteiger partial charge is 0.444 e. The quantitative estimate of drug-likeness (QED) is 0.852. The lowest BCUT2D eigenvalue weighted by Gasteiger charge is -2.24. The van der Waals surface area contributed by atoms with Crippen molar-refractivity contribution in [3.63, 3.8) is 0 Å². The predicted octanol–water partition coefficient (Wildman–Crippen LogP) is 2.63. The summed E-state index contributed by atoms with van der Waals surface area (Å²) >= 11 is 0. The lowest BCUT2D eigenvalue weighted by Crippen LogP contribution is -2.37. The highest BCUT2D eigenvalue weighted by molar-refractivity contribution is 5.68. The number of carbonyl (C=O) groups excluding carboxylic acids is 1. The van der Waals surface area contributed by atoms with E-state index in [0.29, 0.717) is 0 Å². The van der Waals surface area contributed by atoms with Crippen molar-refractivity contribution in [3.8, 4) is 0 Å². The summed E-state index contributed by atoms with van der Waals surface area (Å²) in [5, 5.41) is 2.82. The Balaban J connectivity index is 2.66. The summed E-state index contributed by atoms with van der Waals surface area (Å²) in [6, 6.07) is -0.167. The van der Waals surface area contributed by atoms with Gasteiger partial charge in [-0.25, -0.2) is 9.78 Å². The van der Waals surface area contributed by atoms with Crippen LogP contribution in [0.25, 0.3) is 0 Å². The highest BCUT2D eigenvalue weighted by Gasteiger charge is 2.23. The number of nitrogens with one attached hydrogen (secondary N) is 2. The number of amides is 1. The molecule has 0 fully saturated rings. The number of H-pyrrole nitrogens is 1. The Kier molecular flexibility index (Phi) is 4.15. The number of aromatic nitrogens is 2. The minimum absolute atomic E-state index is 0.167. The fourth-order valence-corrected chi connectivity index (χ4v) is 1.43. The van der Waals surface area contributed by atoms with Crippen LogP contribution in [0.4, 0.5) is 4.79 Å². The van der Waals surface area contributed by atoms with Crippen molar-refractivity contribution in [2.24, 2.45) is 5.92 Å². The molecule has 0 aromatic carbocycles. The summed E-state index contributed by atoms with van der Waals surface area (Å²) in [7, 11) is 0. The zero-order valence-electron chi connectivity index (χ0n) is 11.1. The van der Waals surface area contributed by atoms with Gasteiger partial charge in [0.1, 0.15) is 11.4 Å². The Morgan fingerprint density at radius 3 is 2.53 bits per heavy atom. The van der Waals surface area contributed by atoms with Gasteiger partial charge in [-0.05, 0) is 26.7 Å². The first kappa shape index (κ1) is 13.5. The zero-order valence-corrected chi connectivity index (χ0v) is 11.1. The second kappa shape index (κ2) is 5.21. The first-order chi connectivity index (χ1) is 7.79. The number of ether oxygens (including phenoxy) is 1. The molecular weight excluding hydrogens is 218 g/mol. The van der Waals surface area contributed by atoms with E-state index >= 15 is 0 Å². The van der Waals surface area contributed by atoms with Crippen LogP contribution in [0.2, 0.25) is 0 Å². The monoisotopic (exact) mass is 239 g/mol. The Morgan fingerprint density at radius 2 is 2.12 bits per heavy atom. The molecule has 0 aliphatic carbocycles. The highest BCUT2D eigenvalue weighted by Crippen LogP contribution is 2.18. The van der Waals surface area contributed by atoms with E-state index in [-0.39, 0.29) is 12.0 Å². The van der Waals surface area contributed by atoms with Crippen LogP contribution in [0, 0.1) is 5.92 Å². The minimum Gasteiger partial charge on any atom is -0.444 e. The van der Waals surface area contributed by atoms with E-state index in [2.05, 4.69) is 15.3 Å². The molecule has 5 nitrogen and oxygen atoms in total. The maximum Gasteiger partial charge on any atom is 0.408 e. The molecule has 2 N–H and O–H groups in total. The van der Waals surface area contributed by atoms with Gasteiger partial charge in [0.25, 0.3) is 0 Å². The zero-order chi connectivity index (χ0) is 13.1. The topological polar surface area (TPSA) is 67.0 Å². The molecule has 96 valence electrons. The second-order valence-electron chi connectivity index (χ2n) is 5.34. The van der Waals surface area contributed by atoms with Crippen molar-refractivity contribution in [2.75, 3.05) is 0 Å². The summed E-state index contributed by atoms with van der Waals surface area (Å²) in [4.78, 5) is 18.9. The first-order valence-corrected chi connectivity index (χ1v) is 5.78. The summed E-state index contributed by atoms with van der Waals surface area (Å²) in [6.07, 6.45) is 2.98. The first-order valence-electron chi connectivity index (χ1n) is 5.78. The molecule has 0 radical (unpaired) electrons. The summed E-state index contributed by atoms with van der Waals surface area (Å²) in [5.74, 6) is 0.972. The van der Waals surface area contributed by atoms with E-state index in [1.165, 1.54) is 0 Å². The maximum absolute atomic E-state index is 11.7. The van der Waals surface area contributed by atoms with Gasteiger partial charge in [0.05, 0.1) is 6.04 Å². The molecular formula is C12H21N3O2. The van der Waals surface area contributed by atoms with Gasteiger partial charge in [-0.2, -0.15) is 0 Å². The van der Waals surface area contributed by atoms with E-state index in [1.54, 1.807) is 12.4 Å². The van der Waals surface area contributed by atoms with Crippen LogP contribution in [0.3, 0.4) is 0 Å². The van der Waals surface area contributed by atoms with Gasteiger partial charge in [-0.15, -0.1) is 0 Å². The Morgan fingerprint density at radius 1 is 1.47 bits per heavy atom. The molecule has 0 bridgehead atoms. The van der Waals surface area contributed by atoms with Crippen LogP contribution in [-0.2, 0) is 4.74 Å². The molecule has 0 aliphatic rings. The van der Waals surface area contributed by atoms with Gasteiger partial charge in [-0.1, -0.05) is 13.8 Å². The molecule has 1 aromatic rings. The van der Waals surface area contributed by atoms with Crippen LogP contribution in [-0.4, -0.2) is 21.7 Å². The van der Waals surface area contributed by atoms with E-state index in [0.717, 1.165) is 5.82 Å². The molecule has 1 atom stereocenters. The van der Waals surface area contributed by atoms with Crippen molar-refractivity contribution in [1.29, 1.82) is 0 Å². The Hall–Kier alpha value is -1.52. The van der Waals surface area contributed by atoms with Crippen molar-refractivity contribution >= 4 is 6.09 Å². The number of hydrogen-bond acceptors (Lipinski definition) is 3. The van der Waals surface area contributed by atoms with Gasteiger partial charge in [0.2, 0.25) is 0 Å². The Bertz CT molecular complexity index is 352. The SMILES string of the molecule is CC(C)C(NC(=O)OC(C)(C)C)c1ncc[nH]1. The van der Waals surface area contributed by atoms with Crippen molar-refractivity contribution in [2.45, 2.75) is 46.3 Å². The summed E-state index contributed by atoms with van der Waals surface area (Å²) in [5.41, 5.74) is -0.491. The van der Waals surface area contributed by atoms with Crippen LogP contribution in [0.5, 0.6) is 0 Å². The summed E-state index contributed by atoms with van der Waals surface area (Å²) < 4.78 is 5.22. The molecule has 1 amide bonds. The molecule has 1 aromatic heterocycles. The minimum atomic E-state index is -0.491. The van der Waals surface area contributed by atoms with Crippen LogP contribution >= 0.6 is 0 Å². The van der Waals surface area contributed by atoms with Gasteiger partial charge < -0.3 is 15.0 Å². The molecule has 17 heavy (non-hydrogen) atoms. The number of alkyl carbamates (subject to hydrolysis) is 1. The van der Waals surface area contributed by atoms with Crippen LogP contribution in [0.15, 0.2) is 12.4 Å². The normalized spacial score (nSPS) is 13.5. The number of hydrogen-bond donors (Lipinski definition) is 2. The van der Waals surface area contributed by atoms with Gasteiger partial charge in [0, 0.05) is 12.4 Å². The van der Waals surface area contributed by atoms with Crippen molar-refractivity contribution in [3.05, 3.63) is 18.2 Å². The van der Waals surface area contributed by atoms with E-state index in [1.807, 2.05) is 34.6 Å². The Labute approximate surface area is 102 Å². The van der Waals surface area contributed by atoms with Crippen LogP contribution < -0.4 is 5.32 Å². The molecule has 1 heterocycles. The third-order valence-corrected chi connectivity index (χ3v) is 2.15. The number of nitrogens with zero attached hydrogens (tertiary/aromatic N) is 1. The van der Waals surface area contributed by atoms with Crippen molar-refractivity contribution < 1.29 is 9.53 Å². The molecule has 0 aliphatic heterocycles. The second-order valence-corrected chi connectivity index (χ2v) is 5.34. The number of imidazole rings is 1. The van der Waals surface area contributed by atoms with Crippen LogP contribution in [0.1, 0.15) is 46.5 Å². The van der Waals surface area contributed by atoms with Gasteiger partial charge >= 0.3 is 6.09 Å². The highest BCUT2D eigenvalue weighted by atomic mass is 16.6. The molecule has 1 unspecified atom stereocenters. The van der Waals surface area contributed by atoms with Gasteiger partial charge in [0.15, 0.2) is 0 Å². The lowest BCUT2D eigenvalue weighted by molar-refractivity contribution is 0.0486. The summed E-state index contributed by atoms with van der Waals surface area (Å²) in [6.45, 7) is 9.55. The number of aromatic amines is 1. The molecule has 1 rings (SSSR count). The maximum atomic E-state index is 11.7. The van der Waals surface area contributed by atoms with E-state index < -0.39 is 11.7 Å². The molecule has 5 heteroatoms. The van der Waals surface area contributed by atoms with E-state index in [4.69, 9.17) is 4.74 Å². The fraction of sp³-hybridized carbons (Fsp3) is 0.667. The lowest BCUT2D eigenvalue weighted by atomic mass is 10.0. The third-order valence-electron chi connectivity index (χ3n) is 2.15. The molecule has 0 saturated heterocycles. The smallest absolute Gasteiger partial charge is 0.408 e. The standard InChI is InChI=1S/C12H21N3O2/c1-8(2)9(10-13-6-7-14-10)15-11(16)17-12(3,4)5/h6-9H,1-5H3,(H,13,14)(H,15,16). The number of carbonyl (C=O) groups is 1. The molecule has 0 spiro atoms.